The Kier molecular flexibility index (Phi) is 5.44. The lowest BCUT2D eigenvalue weighted by Crippen LogP contribution is -2.11. The fraction of sp³-hybridized carbons (Fsp3) is 0.211. The Morgan fingerprint density at radius 3 is 2.54 bits per heavy atom. The second kappa shape index (κ2) is 7.34. The molecule has 0 fully saturated rings. The van der Waals surface area contributed by atoms with Crippen molar-refractivity contribution in [1.82, 2.24) is 0 Å². The molecule has 0 aliphatic rings. The van der Waals surface area contributed by atoms with Crippen molar-refractivity contribution < 1.29 is 18.0 Å². The van der Waals surface area contributed by atoms with E-state index < -0.39 is 11.7 Å². The van der Waals surface area contributed by atoms with Crippen LogP contribution in [0.3, 0.4) is 0 Å². The van der Waals surface area contributed by atoms with Gasteiger partial charge in [-0.15, -0.1) is 0 Å². The summed E-state index contributed by atoms with van der Waals surface area (Å²) in [5.74, 6) is -0.378. The molecule has 2 nitrogen and oxygen atoms in total. The van der Waals surface area contributed by atoms with Gasteiger partial charge >= 0.3 is 6.18 Å². The summed E-state index contributed by atoms with van der Waals surface area (Å²) in [7, 11) is 0. The van der Waals surface area contributed by atoms with Gasteiger partial charge in [-0.3, -0.25) is 4.79 Å². The quantitative estimate of drug-likeness (QED) is 0.763. The van der Waals surface area contributed by atoms with E-state index in [0.717, 1.165) is 35.4 Å². The molecule has 2 rings (SSSR count). The van der Waals surface area contributed by atoms with E-state index in [4.69, 9.17) is 0 Å². The van der Waals surface area contributed by atoms with Crippen LogP contribution in [-0.2, 0) is 17.4 Å². The summed E-state index contributed by atoms with van der Waals surface area (Å²) in [4.78, 5) is 12.1. The summed E-state index contributed by atoms with van der Waals surface area (Å²) in [5.41, 5.74) is 2.28. The molecule has 0 atom stereocenters. The number of para-hydroxylation sites is 1. The van der Waals surface area contributed by atoms with Crippen molar-refractivity contribution in [3.05, 3.63) is 70.8 Å². The molecule has 0 aliphatic heterocycles. The second-order valence-corrected chi connectivity index (χ2v) is 5.41. The number of halogens is 3. The highest BCUT2D eigenvalue weighted by Gasteiger charge is 2.30. The molecule has 0 aromatic heterocycles. The van der Waals surface area contributed by atoms with Gasteiger partial charge in [-0.2, -0.15) is 13.2 Å². The Bertz CT molecular complexity index is 763. The summed E-state index contributed by atoms with van der Waals surface area (Å²) >= 11 is 0. The van der Waals surface area contributed by atoms with E-state index in [1.54, 1.807) is 0 Å². The van der Waals surface area contributed by atoms with Crippen LogP contribution in [0.5, 0.6) is 0 Å². The average Bonchev–Trinajstić information content (AvgIpc) is 2.54. The number of rotatable bonds is 4. The minimum Gasteiger partial charge on any atom is -0.322 e. The number of anilines is 1. The van der Waals surface area contributed by atoms with E-state index in [-0.39, 0.29) is 5.91 Å². The number of aryl methyl sites for hydroxylation is 2. The molecule has 24 heavy (non-hydrogen) atoms. The normalized spacial score (nSPS) is 11.7. The molecule has 0 unspecified atom stereocenters. The first-order chi connectivity index (χ1) is 11.3. The van der Waals surface area contributed by atoms with Crippen LogP contribution in [0, 0.1) is 6.92 Å². The van der Waals surface area contributed by atoms with Crippen molar-refractivity contribution in [3.8, 4) is 0 Å². The summed E-state index contributed by atoms with van der Waals surface area (Å²) in [6.07, 6.45) is -1.02. The van der Waals surface area contributed by atoms with Crippen LogP contribution >= 0.6 is 0 Å². The third-order valence-corrected chi connectivity index (χ3v) is 3.63. The lowest BCUT2D eigenvalue weighted by atomic mass is 10.1. The predicted octanol–water partition coefficient (Wildman–Crippen LogP) is 5.23. The summed E-state index contributed by atoms with van der Waals surface area (Å²) in [6.45, 7) is 3.88. The smallest absolute Gasteiger partial charge is 0.322 e. The maximum atomic E-state index is 12.7. The molecular weight excluding hydrogens is 315 g/mol. The third-order valence-electron chi connectivity index (χ3n) is 3.63. The molecule has 0 spiro atoms. The van der Waals surface area contributed by atoms with Gasteiger partial charge < -0.3 is 5.32 Å². The van der Waals surface area contributed by atoms with Crippen LogP contribution in [0.25, 0.3) is 6.08 Å². The Balaban J connectivity index is 2.15. The first-order valence-corrected chi connectivity index (χ1v) is 7.56. The topological polar surface area (TPSA) is 29.1 Å². The molecule has 2 aromatic rings. The number of carbonyl (C=O) groups excluding carboxylic acids is 1. The van der Waals surface area contributed by atoms with Gasteiger partial charge in [-0.1, -0.05) is 37.3 Å². The average molecular weight is 333 g/mol. The Labute approximate surface area is 139 Å². The number of alkyl halides is 3. The zero-order chi connectivity index (χ0) is 17.7. The van der Waals surface area contributed by atoms with E-state index in [1.165, 1.54) is 24.3 Å². The molecule has 1 amide bonds. The van der Waals surface area contributed by atoms with Gasteiger partial charge in [0.25, 0.3) is 0 Å². The number of amides is 1. The predicted molar refractivity (Wildman–Crippen MR) is 89.7 cm³/mol. The Morgan fingerprint density at radius 2 is 1.88 bits per heavy atom. The monoisotopic (exact) mass is 333 g/mol. The molecule has 0 saturated carbocycles. The molecule has 1 N–H and O–H groups in total. The highest BCUT2D eigenvalue weighted by Crippen LogP contribution is 2.29. The van der Waals surface area contributed by atoms with Crippen LogP contribution in [0.1, 0.15) is 29.2 Å². The fourth-order valence-corrected chi connectivity index (χ4v) is 2.36. The highest BCUT2D eigenvalue weighted by molar-refractivity contribution is 6.02. The molecular formula is C19H18F3NO. The van der Waals surface area contributed by atoms with Crippen LogP contribution in [0.2, 0.25) is 0 Å². The van der Waals surface area contributed by atoms with E-state index in [0.29, 0.717) is 5.56 Å². The summed E-state index contributed by atoms with van der Waals surface area (Å²) < 4.78 is 38.0. The van der Waals surface area contributed by atoms with E-state index in [1.807, 2.05) is 32.0 Å². The van der Waals surface area contributed by atoms with Crippen molar-refractivity contribution in [3.63, 3.8) is 0 Å². The number of hydrogen-bond donors (Lipinski definition) is 1. The third kappa shape index (κ3) is 4.47. The zero-order valence-corrected chi connectivity index (χ0v) is 13.4. The molecule has 0 heterocycles. The minimum atomic E-state index is -4.40. The molecule has 0 radical (unpaired) electrons. The maximum Gasteiger partial charge on any atom is 0.416 e. The van der Waals surface area contributed by atoms with Crippen LogP contribution in [0.15, 0.2) is 48.5 Å². The SMILES string of the molecule is CCc1cccc(C)c1NC(=O)/C=C/c1cccc(C(F)(F)F)c1. The standard InChI is InChI=1S/C19H18F3NO/c1-3-15-8-4-6-13(2)18(15)23-17(24)11-10-14-7-5-9-16(12-14)19(20,21)22/h4-12H,3H2,1-2H3,(H,23,24)/b11-10+. The first kappa shape index (κ1) is 17.8. The van der Waals surface area contributed by atoms with Crippen LogP contribution < -0.4 is 5.32 Å². The maximum absolute atomic E-state index is 12.7. The number of benzene rings is 2. The minimum absolute atomic E-state index is 0.320. The van der Waals surface area contributed by atoms with Gasteiger partial charge in [0, 0.05) is 11.8 Å². The molecule has 126 valence electrons. The molecule has 0 bridgehead atoms. The van der Waals surface area contributed by atoms with Crippen molar-refractivity contribution in [2.24, 2.45) is 0 Å². The highest BCUT2D eigenvalue weighted by atomic mass is 19.4. The van der Waals surface area contributed by atoms with Gasteiger partial charge in [-0.25, -0.2) is 0 Å². The molecule has 0 aliphatic carbocycles. The molecule has 2 aromatic carbocycles. The van der Waals surface area contributed by atoms with Crippen LogP contribution in [0.4, 0.5) is 18.9 Å². The Hall–Kier alpha value is -2.56. The zero-order valence-electron chi connectivity index (χ0n) is 13.4. The summed E-state index contributed by atoms with van der Waals surface area (Å²) in [5, 5.41) is 2.80. The number of hydrogen-bond acceptors (Lipinski definition) is 1. The lowest BCUT2D eigenvalue weighted by Gasteiger charge is -2.11. The molecule has 0 saturated heterocycles. The first-order valence-electron chi connectivity index (χ1n) is 7.56. The van der Waals surface area contributed by atoms with Gasteiger partial charge in [0.1, 0.15) is 0 Å². The van der Waals surface area contributed by atoms with E-state index in [9.17, 15) is 18.0 Å². The van der Waals surface area contributed by atoms with E-state index in [2.05, 4.69) is 5.32 Å². The van der Waals surface area contributed by atoms with Crippen LogP contribution in [-0.4, -0.2) is 5.91 Å². The fourth-order valence-electron chi connectivity index (χ4n) is 2.36. The summed E-state index contributed by atoms with van der Waals surface area (Å²) in [6, 6.07) is 10.6. The largest absolute Gasteiger partial charge is 0.416 e. The molecule has 5 heteroatoms. The van der Waals surface area contributed by atoms with Gasteiger partial charge in [0.2, 0.25) is 5.91 Å². The van der Waals surface area contributed by atoms with Crippen molar-refractivity contribution in [2.45, 2.75) is 26.4 Å². The van der Waals surface area contributed by atoms with Gasteiger partial charge in [0.05, 0.1) is 5.56 Å². The number of carbonyl (C=O) groups is 1. The van der Waals surface area contributed by atoms with Crippen molar-refractivity contribution in [1.29, 1.82) is 0 Å². The van der Waals surface area contributed by atoms with Gasteiger partial charge in [-0.05, 0) is 48.2 Å². The van der Waals surface area contributed by atoms with Crippen molar-refractivity contribution >= 4 is 17.7 Å². The lowest BCUT2D eigenvalue weighted by molar-refractivity contribution is -0.137. The number of nitrogens with one attached hydrogen (secondary N) is 1. The van der Waals surface area contributed by atoms with E-state index >= 15 is 0 Å². The second-order valence-electron chi connectivity index (χ2n) is 5.41. The Morgan fingerprint density at radius 1 is 1.17 bits per heavy atom. The van der Waals surface area contributed by atoms with Gasteiger partial charge in [0.15, 0.2) is 0 Å². The van der Waals surface area contributed by atoms with Crippen molar-refractivity contribution in [2.75, 3.05) is 5.32 Å².